The summed E-state index contributed by atoms with van der Waals surface area (Å²) in [6, 6.07) is 10.4. The molecule has 0 saturated carbocycles. The Hall–Kier alpha value is -1.77. The number of hydrogen-bond acceptors (Lipinski definition) is 2. The fraction of sp³-hybridized carbons (Fsp3) is 0.471. The van der Waals surface area contributed by atoms with Crippen LogP contribution in [0.4, 0.5) is 5.69 Å². The highest BCUT2D eigenvalue weighted by Crippen LogP contribution is 2.19. The maximum Gasteiger partial charge on any atom is 0.223 e. The third-order valence-electron chi connectivity index (χ3n) is 3.95. The Morgan fingerprint density at radius 3 is 2.75 bits per heavy atom. The Labute approximate surface area is 121 Å². The molecule has 1 aromatic rings. The molecule has 1 saturated heterocycles. The average Bonchev–Trinajstić information content (AvgIpc) is 2.85. The van der Waals surface area contributed by atoms with Gasteiger partial charge in [0, 0.05) is 44.7 Å². The average molecular weight is 272 g/mol. The van der Waals surface area contributed by atoms with Gasteiger partial charge in [-0.1, -0.05) is 24.3 Å². The van der Waals surface area contributed by atoms with Crippen LogP contribution in [-0.2, 0) is 4.79 Å². The van der Waals surface area contributed by atoms with Gasteiger partial charge in [0.15, 0.2) is 0 Å². The van der Waals surface area contributed by atoms with Gasteiger partial charge in [0.2, 0.25) is 5.91 Å². The number of benzene rings is 1. The van der Waals surface area contributed by atoms with Gasteiger partial charge in [0.25, 0.3) is 0 Å². The van der Waals surface area contributed by atoms with Crippen molar-refractivity contribution < 1.29 is 4.79 Å². The normalized spacial score (nSPS) is 18.4. The minimum atomic E-state index is 0.284. The Kier molecular flexibility index (Phi) is 5.22. The van der Waals surface area contributed by atoms with E-state index in [1.165, 1.54) is 5.69 Å². The summed E-state index contributed by atoms with van der Waals surface area (Å²) in [6.45, 7) is 6.54. The van der Waals surface area contributed by atoms with E-state index in [-0.39, 0.29) is 5.91 Å². The molecule has 1 aliphatic heterocycles. The van der Waals surface area contributed by atoms with E-state index >= 15 is 0 Å². The van der Waals surface area contributed by atoms with Gasteiger partial charge in [-0.05, 0) is 25.0 Å². The van der Waals surface area contributed by atoms with Crippen molar-refractivity contribution in [1.82, 2.24) is 4.90 Å². The fourth-order valence-corrected chi connectivity index (χ4v) is 2.64. The highest BCUT2D eigenvalue weighted by atomic mass is 16.2. The number of likely N-dealkylation sites (tertiary alicyclic amines) is 1. The van der Waals surface area contributed by atoms with Gasteiger partial charge in [0.05, 0.1) is 0 Å². The maximum absolute atomic E-state index is 11.8. The number of hydrogen-bond donors (Lipinski definition) is 0. The second-order valence-electron chi connectivity index (χ2n) is 5.50. The molecule has 1 unspecified atom stereocenters. The first-order valence-corrected chi connectivity index (χ1v) is 7.37. The predicted molar refractivity (Wildman–Crippen MR) is 83.8 cm³/mol. The molecule has 0 bridgehead atoms. The van der Waals surface area contributed by atoms with E-state index in [2.05, 4.69) is 42.8 Å². The second-order valence-corrected chi connectivity index (χ2v) is 5.50. The Bertz CT molecular complexity index is 444. The van der Waals surface area contributed by atoms with Gasteiger partial charge in [-0.2, -0.15) is 0 Å². The van der Waals surface area contributed by atoms with Gasteiger partial charge in [-0.3, -0.25) is 4.79 Å². The third kappa shape index (κ3) is 3.86. The van der Waals surface area contributed by atoms with Crippen molar-refractivity contribution in [2.75, 3.05) is 31.6 Å². The predicted octanol–water partition coefficient (Wildman–Crippen LogP) is 2.94. The molecule has 3 heteroatoms. The molecule has 0 aliphatic carbocycles. The largest absolute Gasteiger partial charge is 0.375 e. The Balaban J connectivity index is 1.67. The summed E-state index contributed by atoms with van der Waals surface area (Å²) >= 11 is 0. The van der Waals surface area contributed by atoms with E-state index in [1.54, 1.807) is 0 Å². The van der Waals surface area contributed by atoms with Gasteiger partial charge in [0.1, 0.15) is 0 Å². The Morgan fingerprint density at radius 1 is 1.35 bits per heavy atom. The molecule has 20 heavy (non-hydrogen) atoms. The summed E-state index contributed by atoms with van der Waals surface area (Å²) in [5, 5.41) is 0. The van der Waals surface area contributed by atoms with Crippen molar-refractivity contribution in [3.8, 4) is 0 Å². The van der Waals surface area contributed by atoms with Gasteiger partial charge in [-0.25, -0.2) is 0 Å². The van der Waals surface area contributed by atoms with Crippen LogP contribution in [0.5, 0.6) is 0 Å². The van der Waals surface area contributed by atoms with Crippen LogP contribution in [0.15, 0.2) is 43.0 Å². The zero-order chi connectivity index (χ0) is 14.4. The molecule has 0 spiro atoms. The fourth-order valence-electron chi connectivity index (χ4n) is 2.64. The summed E-state index contributed by atoms with van der Waals surface area (Å²) in [7, 11) is 2.12. The molecule has 1 heterocycles. The van der Waals surface area contributed by atoms with Crippen molar-refractivity contribution in [3.05, 3.63) is 43.0 Å². The van der Waals surface area contributed by atoms with Crippen LogP contribution in [0.3, 0.4) is 0 Å². The number of unbranched alkanes of at least 4 members (excludes halogenated alkanes) is 1. The highest BCUT2D eigenvalue weighted by molar-refractivity contribution is 5.78. The molecule has 1 aliphatic rings. The van der Waals surface area contributed by atoms with Crippen molar-refractivity contribution in [2.45, 2.75) is 19.3 Å². The first-order chi connectivity index (χ1) is 9.70. The topological polar surface area (TPSA) is 23.6 Å². The number of carbonyl (C=O) groups excluding carboxylic acids is 1. The monoisotopic (exact) mass is 272 g/mol. The van der Waals surface area contributed by atoms with Gasteiger partial charge < -0.3 is 9.80 Å². The van der Waals surface area contributed by atoms with Crippen molar-refractivity contribution in [2.24, 2.45) is 5.92 Å². The number of anilines is 1. The number of amides is 1. The summed E-state index contributed by atoms with van der Waals surface area (Å²) in [6.07, 6.45) is 4.72. The lowest BCUT2D eigenvalue weighted by atomic mass is 10.1. The second kappa shape index (κ2) is 7.13. The van der Waals surface area contributed by atoms with E-state index in [0.29, 0.717) is 12.3 Å². The molecule has 0 aromatic heterocycles. The third-order valence-corrected chi connectivity index (χ3v) is 3.95. The minimum Gasteiger partial charge on any atom is -0.375 e. The molecule has 0 radical (unpaired) electrons. The first kappa shape index (κ1) is 14.6. The highest BCUT2D eigenvalue weighted by Gasteiger charge is 2.26. The molecule has 2 rings (SSSR count). The zero-order valence-electron chi connectivity index (χ0n) is 12.3. The molecule has 0 N–H and O–H groups in total. The molecular formula is C17H24N2O. The quantitative estimate of drug-likeness (QED) is 0.563. The van der Waals surface area contributed by atoms with Crippen LogP contribution in [0.2, 0.25) is 0 Å². The van der Waals surface area contributed by atoms with E-state index < -0.39 is 0 Å². The smallest absolute Gasteiger partial charge is 0.223 e. The standard InChI is InChI=1S/C17H24N2O/c1-3-15-13-17(20)19(14-15)12-8-7-11-18(2)16-9-5-4-6-10-16/h3-6,9-10,15H,1,7-8,11-14H2,2H3. The summed E-state index contributed by atoms with van der Waals surface area (Å²) in [4.78, 5) is 16.0. The van der Waals surface area contributed by atoms with E-state index in [9.17, 15) is 4.79 Å². The zero-order valence-corrected chi connectivity index (χ0v) is 12.3. The SMILES string of the molecule is C=CC1CC(=O)N(CCCCN(C)c2ccccc2)C1. The summed E-state index contributed by atoms with van der Waals surface area (Å²) in [5.41, 5.74) is 1.25. The lowest BCUT2D eigenvalue weighted by Gasteiger charge is -2.20. The summed E-state index contributed by atoms with van der Waals surface area (Å²) < 4.78 is 0. The van der Waals surface area contributed by atoms with Crippen LogP contribution >= 0.6 is 0 Å². The summed E-state index contributed by atoms with van der Waals surface area (Å²) in [5.74, 6) is 0.640. The minimum absolute atomic E-state index is 0.284. The lowest BCUT2D eigenvalue weighted by molar-refractivity contribution is -0.127. The van der Waals surface area contributed by atoms with Crippen LogP contribution in [0, 0.1) is 5.92 Å². The van der Waals surface area contributed by atoms with Crippen LogP contribution in [0.1, 0.15) is 19.3 Å². The van der Waals surface area contributed by atoms with Crippen molar-refractivity contribution >= 4 is 11.6 Å². The molecule has 108 valence electrons. The lowest BCUT2D eigenvalue weighted by Crippen LogP contribution is -2.27. The number of rotatable bonds is 7. The Morgan fingerprint density at radius 2 is 2.10 bits per heavy atom. The number of nitrogens with zero attached hydrogens (tertiary/aromatic N) is 2. The van der Waals surface area contributed by atoms with E-state index in [4.69, 9.17) is 0 Å². The molecule has 1 fully saturated rings. The molecule has 3 nitrogen and oxygen atoms in total. The van der Waals surface area contributed by atoms with Gasteiger partial charge >= 0.3 is 0 Å². The molecule has 1 atom stereocenters. The molecule has 1 aromatic carbocycles. The van der Waals surface area contributed by atoms with Gasteiger partial charge in [-0.15, -0.1) is 6.58 Å². The van der Waals surface area contributed by atoms with Crippen LogP contribution in [-0.4, -0.2) is 37.5 Å². The molecular weight excluding hydrogens is 248 g/mol. The molecule has 1 amide bonds. The number of carbonyl (C=O) groups is 1. The van der Waals surface area contributed by atoms with Crippen LogP contribution in [0.25, 0.3) is 0 Å². The maximum atomic E-state index is 11.8. The van der Waals surface area contributed by atoms with Crippen LogP contribution < -0.4 is 4.90 Å². The van der Waals surface area contributed by atoms with E-state index in [0.717, 1.165) is 32.5 Å². The number of para-hydroxylation sites is 1. The first-order valence-electron chi connectivity index (χ1n) is 7.37. The van der Waals surface area contributed by atoms with Crippen molar-refractivity contribution in [3.63, 3.8) is 0 Å². The van der Waals surface area contributed by atoms with Crippen molar-refractivity contribution in [1.29, 1.82) is 0 Å². The van der Waals surface area contributed by atoms with E-state index in [1.807, 2.05) is 17.0 Å².